The molecule has 0 aliphatic heterocycles. The molecule has 0 amide bonds. The molecule has 2 heterocycles. The van der Waals surface area contributed by atoms with Crippen molar-refractivity contribution in [1.29, 1.82) is 0 Å². The first-order valence-electron chi connectivity index (χ1n) is 7.90. The number of nitrogen functional groups attached to an aromatic ring is 1. The first-order valence-corrected chi connectivity index (χ1v) is 7.90. The number of nitrogens with two attached hydrogens (primary N) is 1. The van der Waals surface area contributed by atoms with Crippen LogP contribution in [0.5, 0.6) is 0 Å². The van der Waals surface area contributed by atoms with Gasteiger partial charge in [0.1, 0.15) is 5.82 Å². The van der Waals surface area contributed by atoms with Gasteiger partial charge in [-0.2, -0.15) is 5.10 Å². The Hall–Kier alpha value is -3.08. The van der Waals surface area contributed by atoms with E-state index in [0.717, 1.165) is 35.6 Å². The molecule has 0 unspecified atom stereocenters. The Morgan fingerprint density at radius 1 is 1.25 bits per heavy atom. The summed E-state index contributed by atoms with van der Waals surface area (Å²) in [6.07, 6.45) is 6.34. The van der Waals surface area contributed by atoms with E-state index in [4.69, 9.17) is 5.73 Å². The van der Waals surface area contributed by atoms with Gasteiger partial charge in [-0.1, -0.05) is 30.9 Å². The van der Waals surface area contributed by atoms with Crippen molar-refractivity contribution in [3.05, 3.63) is 72.2 Å². The van der Waals surface area contributed by atoms with Gasteiger partial charge in [0.2, 0.25) is 0 Å². The van der Waals surface area contributed by atoms with Crippen LogP contribution in [0.4, 0.5) is 11.5 Å². The molecule has 24 heavy (non-hydrogen) atoms. The van der Waals surface area contributed by atoms with Gasteiger partial charge in [-0.3, -0.25) is 0 Å². The number of anilines is 2. The molecule has 0 fully saturated rings. The van der Waals surface area contributed by atoms with E-state index in [9.17, 15) is 0 Å². The number of benzene rings is 1. The van der Waals surface area contributed by atoms with Gasteiger partial charge >= 0.3 is 0 Å². The highest BCUT2D eigenvalue weighted by atomic mass is 15.3. The van der Waals surface area contributed by atoms with E-state index < -0.39 is 0 Å². The molecule has 5 nitrogen and oxygen atoms in total. The van der Waals surface area contributed by atoms with Crippen molar-refractivity contribution in [2.45, 2.75) is 13.3 Å². The summed E-state index contributed by atoms with van der Waals surface area (Å²) in [5.74, 6) is 0.461. The molecule has 0 spiro atoms. The number of nitrogens with one attached hydrogen (secondary N) is 1. The van der Waals surface area contributed by atoms with E-state index in [1.54, 1.807) is 12.3 Å². The van der Waals surface area contributed by atoms with Gasteiger partial charge in [-0.05, 0) is 37.1 Å². The van der Waals surface area contributed by atoms with E-state index in [0.29, 0.717) is 5.82 Å². The average molecular weight is 319 g/mol. The van der Waals surface area contributed by atoms with Gasteiger partial charge in [-0.15, -0.1) is 0 Å². The largest absolute Gasteiger partial charge is 0.385 e. The summed E-state index contributed by atoms with van der Waals surface area (Å²) >= 11 is 0. The zero-order valence-electron chi connectivity index (χ0n) is 13.7. The molecule has 1 aromatic carbocycles. The van der Waals surface area contributed by atoms with Gasteiger partial charge in [0.15, 0.2) is 0 Å². The smallest absolute Gasteiger partial charge is 0.132 e. The fraction of sp³-hybridized carbons (Fsp3) is 0.158. The molecule has 122 valence electrons. The van der Waals surface area contributed by atoms with Crippen LogP contribution in [-0.4, -0.2) is 21.3 Å². The van der Waals surface area contributed by atoms with Crippen LogP contribution >= 0.6 is 0 Å². The minimum Gasteiger partial charge on any atom is -0.385 e. The van der Waals surface area contributed by atoms with Crippen LogP contribution in [0, 0.1) is 6.92 Å². The van der Waals surface area contributed by atoms with Crippen molar-refractivity contribution in [3.8, 4) is 5.69 Å². The van der Waals surface area contributed by atoms with Gasteiger partial charge in [0, 0.05) is 30.2 Å². The summed E-state index contributed by atoms with van der Waals surface area (Å²) in [7, 11) is 0. The van der Waals surface area contributed by atoms with Crippen LogP contribution in [0.1, 0.15) is 16.8 Å². The topological polar surface area (TPSA) is 68.8 Å². The Morgan fingerprint density at radius 3 is 2.79 bits per heavy atom. The second-order valence-electron chi connectivity index (χ2n) is 5.56. The Balaban J connectivity index is 1.76. The molecule has 0 atom stereocenters. The molecule has 0 saturated carbocycles. The number of hydrogen-bond donors (Lipinski definition) is 2. The first-order chi connectivity index (χ1) is 11.7. The molecule has 0 radical (unpaired) electrons. The van der Waals surface area contributed by atoms with Crippen molar-refractivity contribution in [2.24, 2.45) is 0 Å². The maximum Gasteiger partial charge on any atom is 0.132 e. The van der Waals surface area contributed by atoms with E-state index in [1.807, 2.05) is 42.1 Å². The van der Waals surface area contributed by atoms with Gasteiger partial charge < -0.3 is 11.1 Å². The van der Waals surface area contributed by atoms with Gasteiger partial charge in [-0.25, -0.2) is 9.67 Å². The predicted octanol–water partition coefficient (Wildman–Crippen LogP) is 3.46. The van der Waals surface area contributed by atoms with E-state index in [2.05, 4.69) is 34.1 Å². The monoisotopic (exact) mass is 319 g/mol. The highest BCUT2D eigenvalue weighted by molar-refractivity contribution is 5.68. The number of hydrogen-bond acceptors (Lipinski definition) is 4. The van der Waals surface area contributed by atoms with Crippen LogP contribution in [0.2, 0.25) is 0 Å². The van der Waals surface area contributed by atoms with Crippen molar-refractivity contribution in [1.82, 2.24) is 14.8 Å². The van der Waals surface area contributed by atoms with Crippen LogP contribution in [0.25, 0.3) is 11.8 Å². The van der Waals surface area contributed by atoms with Crippen molar-refractivity contribution >= 4 is 17.6 Å². The van der Waals surface area contributed by atoms with Crippen LogP contribution in [-0.2, 0) is 6.42 Å². The third kappa shape index (κ3) is 3.30. The van der Waals surface area contributed by atoms with Crippen LogP contribution < -0.4 is 11.1 Å². The van der Waals surface area contributed by atoms with E-state index in [-0.39, 0.29) is 0 Å². The molecule has 3 rings (SSSR count). The third-order valence-corrected chi connectivity index (χ3v) is 3.95. The summed E-state index contributed by atoms with van der Waals surface area (Å²) in [4.78, 5) is 4.10. The standard InChI is InChI=1S/C19H21N5/c1-3-17-18(10-12-22-19(17)20)24-13-15(14(2)23-24)9-11-21-16-7-5-4-6-8-16/h3-8,10,12-13,21H,1,9,11H2,2H3,(H2,20,22). The lowest BCUT2D eigenvalue weighted by atomic mass is 10.2. The number of rotatable bonds is 6. The number of aryl methyl sites for hydroxylation is 1. The van der Waals surface area contributed by atoms with Crippen molar-refractivity contribution in [2.75, 3.05) is 17.6 Å². The summed E-state index contributed by atoms with van der Waals surface area (Å²) in [5.41, 5.74) is 10.9. The Labute approximate surface area is 141 Å². The lowest BCUT2D eigenvalue weighted by Crippen LogP contribution is -2.05. The second-order valence-corrected chi connectivity index (χ2v) is 5.56. The number of nitrogens with zero attached hydrogens (tertiary/aromatic N) is 3. The summed E-state index contributed by atoms with van der Waals surface area (Å²) in [5, 5.41) is 8.03. The Morgan fingerprint density at radius 2 is 2.04 bits per heavy atom. The SMILES string of the molecule is C=Cc1c(-n2cc(CCNc3ccccc3)c(C)n2)ccnc1N. The van der Waals surface area contributed by atoms with Gasteiger partial charge in [0.25, 0.3) is 0 Å². The third-order valence-electron chi connectivity index (χ3n) is 3.95. The molecule has 3 N–H and O–H groups in total. The average Bonchev–Trinajstić information content (AvgIpc) is 2.96. The molecular formula is C19H21N5. The summed E-state index contributed by atoms with van der Waals surface area (Å²) in [6, 6.07) is 12.1. The lowest BCUT2D eigenvalue weighted by molar-refractivity contribution is 0.859. The molecule has 0 saturated heterocycles. The molecule has 3 aromatic rings. The van der Waals surface area contributed by atoms with Crippen LogP contribution in [0.3, 0.4) is 0 Å². The fourth-order valence-corrected chi connectivity index (χ4v) is 2.65. The summed E-state index contributed by atoms with van der Waals surface area (Å²) in [6.45, 7) is 6.69. The van der Waals surface area contributed by atoms with Crippen LogP contribution in [0.15, 0.2) is 55.4 Å². The molecule has 0 bridgehead atoms. The maximum absolute atomic E-state index is 5.93. The number of aromatic nitrogens is 3. The lowest BCUT2D eigenvalue weighted by Gasteiger charge is -2.07. The Kier molecular flexibility index (Phi) is 4.61. The molecule has 2 aromatic heterocycles. The fourth-order valence-electron chi connectivity index (χ4n) is 2.65. The van der Waals surface area contributed by atoms with Crippen molar-refractivity contribution < 1.29 is 0 Å². The quantitative estimate of drug-likeness (QED) is 0.730. The maximum atomic E-state index is 5.93. The zero-order valence-corrected chi connectivity index (χ0v) is 13.7. The number of para-hydroxylation sites is 1. The molecule has 0 aliphatic rings. The predicted molar refractivity (Wildman–Crippen MR) is 99.2 cm³/mol. The minimum absolute atomic E-state index is 0.461. The molecular weight excluding hydrogens is 298 g/mol. The zero-order chi connectivity index (χ0) is 16.9. The highest BCUT2D eigenvalue weighted by Gasteiger charge is 2.10. The van der Waals surface area contributed by atoms with Gasteiger partial charge in [0.05, 0.1) is 11.4 Å². The summed E-state index contributed by atoms with van der Waals surface area (Å²) < 4.78 is 1.85. The molecule has 0 aliphatic carbocycles. The van der Waals surface area contributed by atoms with E-state index >= 15 is 0 Å². The normalized spacial score (nSPS) is 10.5. The van der Waals surface area contributed by atoms with E-state index in [1.165, 1.54) is 5.56 Å². The molecule has 5 heteroatoms. The number of pyridine rings is 1. The van der Waals surface area contributed by atoms with Crippen molar-refractivity contribution in [3.63, 3.8) is 0 Å². The minimum atomic E-state index is 0.461. The Bertz CT molecular complexity index is 836. The first kappa shape index (κ1) is 15.8. The highest BCUT2D eigenvalue weighted by Crippen LogP contribution is 2.21. The second kappa shape index (κ2) is 7.00.